The first kappa shape index (κ1) is 23.7. The molecule has 2 aromatic carbocycles. The normalized spacial score (nSPS) is 11.8. The van der Waals surface area contributed by atoms with Crippen LogP contribution in [0.3, 0.4) is 0 Å². The zero-order valence-electron chi connectivity index (χ0n) is 18.2. The Morgan fingerprint density at radius 1 is 1.10 bits per heavy atom. The van der Waals surface area contributed by atoms with Crippen molar-refractivity contribution in [3.05, 3.63) is 64.7 Å². The lowest BCUT2D eigenvalue weighted by Gasteiger charge is -2.29. The number of hydrogen-bond acceptors (Lipinski definition) is 3. The Kier molecular flexibility index (Phi) is 9.18. The first-order chi connectivity index (χ1) is 14.3. The number of methoxy groups -OCH3 is 1. The predicted molar refractivity (Wildman–Crippen MR) is 121 cm³/mol. The molecule has 0 aromatic heterocycles. The van der Waals surface area contributed by atoms with Gasteiger partial charge < -0.3 is 15.0 Å². The van der Waals surface area contributed by atoms with E-state index in [9.17, 15) is 9.59 Å². The Morgan fingerprint density at radius 3 is 2.50 bits per heavy atom. The van der Waals surface area contributed by atoms with Gasteiger partial charge in [0.05, 0.1) is 7.11 Å². The fraction of sp³-hybridized carbons (Fsp3) is 0.417. The van der Waals surface area contributed by atoms with Crippen molar-refractivity contribution in [3.63, 3.8) is 0 Å². The smallest absolute Gasteiger partial charge is 0.242 e. The molecule has 162 valence electrons. The largest absolute Gasteiger partial charge is 0.497 e. The maximum Gasteiger partial charge on any atom is 0.242 e. The van der Waals surface area contributed by atoms with E-state index >= 15 is 0 Å². The SMILES string of the molecule is COc1cccc(CN(C(=O)CCc2ccccc2Cl)[C@H](C)C(=O)NCC(C)C)c1. The van der Waals surface area contributed by atoms with Gasteiger partial charge in [0.1, 0.15) is 11.8 Å². The molecular formula is C24H31ClN2O3. The molecule has 0 fully saturated rings. The van der Waals surface area contributed by atoms with Gasteiger partial charge in [-0.15, -0.1) is 0 Å². The van der Waals surface area contributed by atoms with Crippen LogP contribution in [0.25, 0.3) is 0 Å². The average molecular weight is 431 g/mol. The maximum absolute atomic E-state index is 13.1. The van der Waals surface area contributed by atoms with Crippen molar-refractivity contribution < 1.29 is 14.3 Å². The number of hydrogen-bond donors (Lipinski definition) is 1. The Balaban J connectivity index is 2.17. The molecule has 6 heteroatoms. The molecule has 1 atom stereocenters. The third-order valence-electron chi connectivity index (χ3n) is 4.90. The van der Waals surface area contributed by atoms with E-state index in [4.69, 9.17) is 16.3 Å². The van der Waals surface area contributed by atoms with Crippen molar-refractivity contribution in [3.8, 4) is 5.75 Å². The monoisotopic (exact) mass is 430 g/mol. The van der Waals surface area contributed by atoms with Gasteiger partial charge in [0.25, 0.3) is 0 Å². The van der Waals surface area contributed by atoms with Crippen molar-refractivity contribution in [2.75, 3.05) is 13.7 Å². The highest BCUT2D eigenvalue weighted by atomic mass is 35.5. The van der Waals surface area contributed by atoms with E-state index in [-0.39, 0.29) is 18.2 Å². The van der Waals surface area contributed by atoms with Crippen LogP contribution in [-0.4, -0.2) is 36.4 Å². The van der Waals surface area contributed by atoms with Crippen molar-refractivity contribution in [1.29, 1.82) is 0 Å². The topological polar surface area (TPSA) is 58.6 Å². The van der Waals surface area contributed by atoms with Gasteiger partial charge in [-0.1, -0.05) is 55.8 Å². The Morgan fingerprint density at radius 2 is 1.83 bits per heavy atom. The molecule has 0 spiro atoms. The minimum Gasteiger partial charge on any atom is -0.497 e. The molecule has 0 heterocycles. The third-order valence-corrected chi connectivity index (χ3v) is 5.27. The summed E-state index contributed by atoms with van der Waals surface area (Å²) in [5.74, 6) is 0.805. The lowest BCUT2D eigenvalue weighted by Crippen LogP contribution is -2.48. The Hall–Kier alpha value is -2.53. The summed E-state index contributed by atoms with van der Waals surface area (Å²) in [5, 5.41) is 3.58. The first-order valence-corrected chi connectivity index (χ1v) is 10.6. The van der Waals surface area contributed by atoms with E-state index in [2.05, 4.69) is 5.32 Å². The predicted octanol–water partition coefficient (Wildman–Crippen LogP) is 4.47. The number of amides is 2. The molecule has 5 nitrogen and oxygen atoms in total. The van der Waals surface area contributed by atoms with Gasteiger partial charge in [-0.25, -0.2) is 0 Å². The van der Waals surface area contributed by atoms with Crippen molar-refractivity contribution in [2.24, 2.45) is 5.92 Å². The van der Waals surface area contributed by atoms with Crippen LogP contribution in [0.1, 0.15) is 38.3 Å². The Labute approximate surface area is 184 Å². The molecule has 0 saturated carbocycles. The molecule has 2 aromatic rings. The molecule has 0 aliphatic rings. The maximum atomic E-state index is 13.1. The number of rotatable bonds is 10. The molecule has 0 aliphatic heterocycles. The van der Waals surface area contributed by atoms with Crippen LogP contribution in [0.5, 0.6) is 5.75 Å². The summed E-state index contributed by atoms with van der Waals surface area (Å²) in [4.78, 5) is 27.5. The number of halogens is 1. The first-order valence-electron chi connectivity index (χ1n) is 10.2. The van der Waals surface area contributed by atoms with E-state index < -0.39 is 6.04 Å². The minimum atomic E-state index is -0.589. The van der Waals surface area contributed by atoms with E-state index in [1.54, 1.807) is 18.9 Å². The van der Waals surface area contributed by atoms with Crippen LogP contribution >= 0.6 is 11.6 Å². The number of nitrogens with zero attached hydrogens (tertiary/aromatic N) is 1. The van der Waals surface area contributed by atoms with E-state index in [0.29, 0.717) is 36.2 Å². The second kappa shape index (κ2) is 11.6. The highest BCUT2D eigenvalue weighted by molar-refractivity contribution is 6.31. The van der Waals surface area contributed by atoms with Gasteiger partial charge in [0.2, 0.25) is 11.8 Å². The molecular weight excluding hydrogens is 400 g/mol. The number of nitrogens with one attached hydrogen (secondary N) is 1. The second-order valence-electron chi connectivity index (χ2n) is 7.78. The van der Waals surface area contributed by atoms with E-state index in [1.165, 1.54) is 0 Å². The summed E-state index contributed by atoms with van der Waals surface area (Å²) in [6.45, 7) is 6.74. The third kappa shape index (κ3) is 7.06. The van der Waals surface area contributed by atoms with Crippen LogP contribution in [0.4, 0.5) is 0 Å². The molecule has 30 heavy (non-hydrogen) atoms. The fourth-order valence-electron chi connectivity index (χ4n) is 3.09. The van der Waals surface area contributed by atoms with Crippen LogP contribution in [0, 0.1) is 5.92 Å². The van der Waals surface area contributed by atoms with Crippen LogP contribution in [0.15, 0.2) is 48.5 Å². The molecule has 2 amide bonds. The average Bonchev–Trinajstić information content (AvgIpc) is 2.74. The lowest BCUT2D eigenvalue weighted by molar-refractivity contribution is -0.140. The van der Waals surface area contributed by atoms with Gasteiger partial charge >= 0.3 is 0 Å². The summed E-state index contributed by atoms with van der Waals surface area (Å²) in [6.07, 6.45) is 0.795. The molecule has 1 N–H and O–H groups in total. The van der Waals surface area contributed by atoms with Crippen LogP contribution in [-0.2, 0) is 22.6 Å². The second-order valence-corrected chi connectivity index (χ2v) is 8.19. The quantitative estimate of drug-likeness (QED) is 0.605. The van der Waals surface area contributed by atoms with Gasteiger partial charge in [0.15, 0.2) is 0 Å². The van der Waals surface area contributed by atoms with Crippen molar-refractivity contribution in [2.45, 2.75) is 46.2 Å². The standard InChI is InChI=1S/C24H31ClN2O3/c1-17(2)15-26-24(29)18(3)27(16-19-8-7-10-21(14-19)30-4)23(28)13-12-20-9-5-6-11-22(20)25/h5-11,14,17-18H,12-13,15-16H2,1-4H3,(H,26,29)/t18-/m1/s1. The van der Waals surface area contributed by atoms with Gasteiger partial charge in [-0.2, -0.15) is 0 Å². The summed E-state index contributed by atoms with van der Waals surface area (Å²) in [7, 11) is 1.60. The van der Waals surface area contributed by atoms with E-state index in [1.807, 2.05) is 62.4 Å². The minimum absolute atomic E-state index is 0.0927. The molecule has 0 saturated heterocycles. The molecule has 0 radical (unpaired) electrons. The number of aryl methyl sites for hydroxylation is 1. The van der Waals surface area contributed by atoms with Gasteiger partial charge in [-0.3, -0.25) is 9.59 Å². The number of benzene rings is 2. The summed E-state index contributed by atoms with van der Waals surface area (Å²) >= 11 is 6.23. The van der Waals surface area contributed by atoms with Gasteiger partial charge in [-0.05, 0) is 48.6 Å². The lowest BCUT2D eigenvalue weighted by atomic mass is 10.1. The van der Waals surface area contributed by atoms with Crippen LogP contribution in [0.2, 0.25) is 5.02 Å². The number of ether oxygens (including phenoxy) is 1. The summed E-state index contributed by atoms with van der Waals surface area (Å²) in [6, 6.07) is 14.5. The zero-order chi connectivity index (χ0) is 22.1. The number of carbonyl (C=O) groups excluding carboxylic acids is 2. The molecule has 0 bridgehead atoms. The molecule has 0 unspecified atom stereocenters. The van der Waals surface area contributed by atoms with E-state index in [0.717, 1.165) is 11.1 Å². The highest BCUT2D eigenvalue weighted by Gasteiger charge is 2.26. The van der Waals surface area contributed by atoms with Gasteiger partial charge in [0, 0.05) is 24.5 Å². The Bertz CT molecular complexity index is 854. The molecule has 0 aliphatic carbocycles. The van der Waals surface area contributed by atoms with Crippen molar-refractivity contribution in [1.82, 2.24) is 10.2 Å². The van der Waals surface area contributed by atoms with Crippen LogP contribution < -0.4 is 10.1 Å². The summed E-state index contributed by atoms with van der Waals surface area (Å²) < 4.78 is 5.29. The number of carbonyl (C=O) groups is 2. The fourth-order valence-corrected chi connectivity index (χ4v) is 3.32. The van der Waals surface area contributed by atoms with Crippen molar-refractivity contribution >= 4 is 23.4 Å². The highest BCUT2D eigenvalue weighted by Crippen LogP contribution is 2.20. The summed E-state index contributed by atoms with van der Waals surface area (Å²) in [5.41, 5.74) is 1.83. The zero-order valence-corrected chi connectivity index (χ0v) is 18.9. The molecule has 2 rings (SSSR count).